The minimum absolute atomic E-state index is 0.0844. The Kier molecular flexibility index (Phi) is 9.80. The van der Waals surface area contributed by atoms with Crippen molar-refractivity contribution in [1.29, 1.82) is 0 Å². The molecule has 0 spiro atoms. The molecule has 0 aliphatic heterocycles. The van der Waals surface area contributed by atoms with Crippen LogP contribution in [0, 0.1) is 0 Å². The zero-order valence-electron chi connectivity index (χ0n) is 41.1. The number of benzene rings is 7. The molecule has 0 saturated carbocycles. The maximum Gasteiger partial charge on any atom is 0.190 e. The monoisotopic (exact) mass is 930 g/mol. The van der Waals surface area contributed by atoms with Gasteiger partial charge in [0.2, 0.25) is 0 Å². The van der Waals surface area contributed by atoms with Crippen molar-refractivity contribution in [2.45, 2.75) is 78.6 Å². The number of hydrogen-bond acceptors (Lipinski definition) is 6. The van der Waals surface area contributed by atoms with Gasteiger partial charge in [-0.05, 0) is 116 Å². The molecule has 7 heteroatoms. The molecule has 0 aliphatic rings. The minimum atomic E-state index is -0.336. The van der Waals surface area contributed by atoms with Crippen molar-refractivity contribution >= 4 is 75.4 Å². The molecule has 12 rings (SSSR count). The Bertz CT molecular complexity index is 4080. The number of furan rings is 1. The maximum atomic E-state index is 12.6. The van der Waals surface area contributed by atoms with Gasteiger partial charge in [0.1, 0.15) is 17.2 Å². The van der Waals surface area contributed by atoms with E-state index in [0.717, 1.165) is 109 Å². The Balaban J connectivity index is 1.10. The van der Waals surface area contributed by atoms with Gasteiger partial charge < -0.3 is 9.52 Å². The Morgan fingerprint density at radius 3 is 2.09 bits per heavy atom. The molecule has 0 atom stereocenters. The standard InChI is InChI=1S/C63H54N4O2S/c1-61(2,3)41-21-23-51(45(32-41)36-15-11-10-12-16-36)67-52-24-26-54-56(57(52)66-59(67)47-33-42(62(4,5)6)34-48(58(47)68)63(7,8)9)55-46-29-39(20-25-53(46)69-60(55)70-54)49-30-38(27-28-64-49)37-19-22-44-43-18-14-13-17-40(43)35-65-50(44)31-37/h10-35,68H,1-9H3. The number of thiophene rings is 1. The Morgan fingerprint density at radius 1 is 0.557 bits per heavy atom. The van der Waals surface area contributed by atoms with Gasteiger partial charge in [-0.15, -0.1) is 0 Å². The van der Waals surface area contributed by atoms with E-state index in [1.54, 1.807) is 11.3 Å². The highest BCUT2D eigenvalue weighted by atomic mass is 32.1. The second kappa shape index (κ2) is 15.7. The molecule has 1 N–H and O–H groups in total. The van der Waals surface area contributed by atoms with Gasteiger partial charge in [-0.25, -0.2) is 4.98 Å². The van der Waals surface area contributed by atoms with Crippen LogP contribution in [0.3, 0.4) is 0 Å². The van der Waals surface area contributed by atoms with Crippen molar-refractivity contribution in [2.75, 3.05) is 0 Å². The number of rotatable bonds is 5. The first-order chi connectivity index (χ1) is 33.5. The molecule has 12 aromatic rings. The number of nitrogens with zero attached hydrogens (tertiary/aromatic N) is 4. The van der Waals surface area contributed by atoms with Crippen LogP contribution in [0.5, 0.6) is 5.75 Å². The first-order valence-corrected chi connectivity index (χ1v) is 24.9. The molecule has 0 radical (unpaired) electrons. The third kappa shape index (κ3) is 7.17. The second-order valence-electron chi connectivity index (χ2n) is 21.9. The normalized spacial score (nSPS) is 12.7. The summed E-state index contributed by atoms with van der Waals surface area (Å²) in [5.74, 6) is 0.932. The van der Waals surface area contributed by atoms with Crippen molar-refractivity contribution in [1.82, 2.24) is 19.5 Å². The number of imidazole rings is 1. The molecule has 5 heterocycles. The van der Waals surface area contributed by atoms with E-state index in [4.69, 9.17) is 19.4 Å². The number of aromatic nitrogens is 4. The maximum absolute atomic E-state index is 12.6. The lowest BCUT2D eigenvalue weighted by Gasteiger charge is -2.28. The molecule has 0 saturated heterocycles. The van der Waals surface area contributed by atoms with Gasteiger partial charge in [0.25, 0.3) is 0 Å². The van der Waals surface area contributed by atoms with E-state index >= 15 is 0 Å². The fourth-order valence-electron chi connectivity index (χ4n) is 10.2. The zero-order chi connectivity index (χ0) is 48.4. The van der Waals surface area contributed by atoms with Crippen LogP contribution >= 0.6 is 11.3 Å². The summed E-state index contributed by atoms with van der Waals surface area (Å²) in [6.45, 7) is 20.0. The van der Waals surface area contributed by atoms with Gasteiger partial charge in [0.15, 0.2) is 4.90 Å². The molecule has 0 aliphatic carbocycles. The molecule has 0 bridgehead atoms. The SMILES string of the molecule is CC(C)(C)c1ccc(-n2c(-c3cc(C(C)(C)C)cc(C(C)(C)C)c3O)nc3c4c(ccc32)sc2oc3ccc(-c5cc(-c6ccc7c(c6)ncc6ccccc67)ccn5)cc3c24)c(-c2ccccc2)c1. The summed E-state index contributed by atoms with van der Waals surface area (Å²) in [7, 11) is 0. The average Bonchev–Trinajstić information content (AvgIpc) is 4.02. The summed E-state index contributed by atoms with van der Waals surface area (Å²) in [5, 5.41) is 19.1. The van der Waals surface area contributed by atoms with E-state index in [0.29, 0.717) is 11.4 Å². The number of fused-ring (bicyclic) bond motifs is 10. The van der Waals surface area contributed by atoms with Crippen molar-refractivity contribution in [3.63, 3.8) is 0 Å². The summed E-state index contributed by atoms with van der Waals surface area (Å²) < 4.78 is 10.1. The van der Waals surface area contributed by atoms with Gasteiger partial charge in [-0.3, -0.25) is 14.5 Å². The Morgan fingerprint density at radius 2 is 1.30 bits per heavy atom. The predicted octanol–water partition coefficient (Wildman–Crippen LogP) is 17.5. The van der Waals surface area contributed by atoms with E-state index < -0.39 is 0 Å². The van der Waals surface area contributed by atoms with E-state index in [2.05, 4.69) is 212 Å². The molecule has 7 aromatic carbocycles. The highest BCUT2D eigenvalue weighted by Gasteiger charge is 2.30. The van der Waals surface area contributed by atoms with Crippen LogP contribution in [0.2, 0.25) is 0 Å². The van der Waals surface area contributed by atoms with Gasteiger partial charge >= 0.3 is 0 Å². The molecular weight excluding hydrogens is 877 g/mol. The van der Waals surface area contributed by atoms with Crippen LogP contribution in [0.15, 0.2) is 162 Å². The third-order valence-corrected chi connectivity index (χ3v) is 15.1. The number of aromatic hydroxyl groups is 1. The lowest BCUT2D eigenvalue weighted by atomic mass is 9.79. The van der Waals surface area contributed by atoms with Gasteiger partial charge in [-0.2, -0.15) is 0 Å². The van der Waals surface area contributed by atoms with Crippen molar-refractivity contribution in [3.8, 4) is 56.3 Å². The summed E-state index contributed by atoms with van der Waals surface area (Å²) >= 11 is 1.64. The van der Waals surface area contributed by atoms with Crippen LogP contribution in [0.25, 0.3) is 115 Å². The summed E-state index contributed by atoms with van der Waals surface area (Å²) in [6, 6.07) is 51.7. The van der Waals surface area contributed by atoms with Crippen LogP contribution in [-0.2, 0) is 16.2 Å². The fourth-order valence-corrected chi connectivity index (χ4v) is 11.3. The predicted molar refractivity (Wildman–Crippen MR) is 294 cm³/mol. The number of pyridine rings is 2. The van der Waals surface area contributed by atoms with E-state index in [-0.39, 0.29) is 22.0 Å². The van der Waals surface area contributed by atoms with Crippen LogP contribution < -0.4 is 0 Å². The topological polar surface area (TPSA) is 77.0 Å². The van der Waals surface area contributed by atoms with Crippen molar-refractivity contribution in [3.05, 3.63) is 175 Å². The fraction of sp³-hybridized carbons (Fsp3) is 0.190. The minimum Gasteiger partial charge on any atom is -0.507 e. The number of phenolic OH excluding ortho intramolecular Hbond substituents is 1. The first kappa shape index (κ1) is 43.7. The zero-order valence-corrected chi connectivity index (χ0v) is 41.9. The molecule has 70 heavy (non-hydrogen) atoms. The number of hydrogen-bond donors (Lipinski definition) is 1. The summed E-state index contributed by atoms with van der Waals surface area (Å²) in [6.07, 6.45) is 3.85. The third-order valence-electron chi connectivity index (χ3n) is 14.1. The lowest BCUT2D eigenvalue weighted by Crippen LogP contribution is -2.17. The summed E-state index contributed by atoms with van der Waals surface area (Å²) in [4.78, 5) is 16.3. The molecule has 5 aromatic heterocycles. The number of phenols is 1. The van der Waals surface area contributed by atoms with E-state index in [9.17, 15) is 5.11 Å². The molecule has 6 nitrogen and oxygen atoms in total. The average molecular weight is 931 g/mol. The molecule has 0 unspecified atom stereocenters. The van der Waals surface area contributed by atoms with Crippen molar-refractivity contribution < 1.29 is 9.52 Å². The smallest absolute Gasteiger partial charge is 0.190 e. The molecule has 0 amide bonds. The second-order valence-corrected chi connectivity index (χ2v) is 22.9. The first-order valence-electron chi connectivity index (χ1n) is 24.1. The largest absolute Gasteiger partial charge is 0.507 e. The molecule has 344 valence electrons. The Labute approximate surface area is 411 Å². The van der Waals surface area contributed by atoms with Crippen LogP contribution in [-0.4, -0.2) is 24.6 Å². The van der Waals surface area contributed by atoms with Crippen LogP contribution in [0.4, 0.5) is 0 Å². The Hall–Kier alpha value is -7.61. The van der Waals surface area contributed by atoms with Crippen LogP contribution in [0.1, 0.15) is 79.0 Å². The molecular formula is C63H54N4O2S. The van der Waals surface area contributed by atoms with Gasteiger partial charge in [0.05, 0.1) is 33.5 Å². The van der Waals surface area contributed by atoms with Gasteiger partial charge in [-0.1, -0.05) is 153 Å². The van der Waals surface area contributed by atoms with E-state index in [1.165, 1.54) is 10.9 Å². The quantitative estimate of drug-likeness (QED) is 0.174. The highest BCUT2D eigenvalue weighted by molar-refractivity contribution is 7.25. The highest BCUT2D eigenvalue weighted by Crippen LogP contribution is 2.49. The van der Waals surface area contributed by atoms with Gasteiger partial charge in [0, 0.05) is 60.7 Å². The molecule has 0 fully saturated rings. The van der Waals surface area contributed by atoms with Crippen molar-refractivity contribution in [2.24, 2.45) is 0 Å². The van der Waals surface area contributed by atoms with E-state index in [1.807, 2.05) is 12.4 Å². The lowest BCUT2D eigenvalue weighted by molar-refractivity contribution is 0.446. The summed E-state index contributed by atoms with van der Waals surface area (Å²) in [5.41, 5.74) is 14.1.